The van der Waals surface area contributed by atoms with Gasteiger partial charge >= 0.3 is 12.1 Å². The number of fused-ring (bicyclic) bond motifs is 1. The van der Waals surface area contributed by atoms with Gasteiger partial charge in [-0.3, -0.25) is 4.79 Å². The third-order valence-electron chi connectivity index (χ3n) is 6.40. The van der Waals surface area contributed by atoms with Crippen molar-refractivity contribution in [3.05, 3.63) is 59.6 Å². The number of nitrogens with one attached hydrogen (secondary N) is 1. The second kappa shape index (κ2) is 15.1. The molecular formula is C28H37N3O7S2. The Hall–Kier alpha value is -3.06. The molecule has 12 heteroatoms. The lowest BCUT2D eigenvalue weighted by Gasteiger charge is -2.30. The van der Waals surface area contributed by atoms with Crippen molar-refractivity contribution in [2.24, 2.45) is 0 Å². The summed E-state index contributed by atoms with van der Waals surface area (Å²) in [5, 5.41) is 14.0. The highest BCUT2D eigenvalue weighted by molar-refractivity contribution is 7.89. The lowest BCUT2D eigenvalue weighted by atomic mass is 10.0. The van der Waals surface area contributed by atoms with Crippen molar-refractivity contribution in [2.75, 3.05) is 20.2 Å². The first-order valence-corrected chi connectivity index (χ1v) is 15.5. The molecule has 0 saturated heterocycles. The largest absolute Gasteiger partial charge is 0.469 e. The van der Waals surface area contributed by atoms with Gasteiger partial charge in [-0.15, -0.1) is 11.3 Å². The van der Waals surface area contributed by atoms with Gasteiger partial charge in [0, 0.05) is 13.1 Å². The smallest absolute Gasteiger partial charge is 0.407 e. The Morgan fingerprint density at radius 3 is 2.60 bits per heavy atom. The number of rotatable bonds is 15. The number of alkyl carbamates (subject to hydrolysis) is 1. The zero-order valence-electron chi connectivity index (χ0n) is 23.0. The average Bonchev–Trinajstić information content (AvgIpc) is 3.40. The molecule has 2 aromatic carbocycles. The number of amides is 1. The summed E-state index contributed by atoms with van der Waals surface area (Å²) in [4.78, 5) is 28.6. The number of unbranched alkanes of at least 4 members (excludes halogenated alkanes) is 2. The van der Waals surface area contributed by atoms with Crippen molar-refractivity contribution in [1.82, 2.24) is 14.6 Å². The van der Waals surface area contributed by atoms with E-state index in [4.69, 9.17) is 4.74 Å². The lowest BCUT2D eigenvalue weighted by molar-refractivity contribution is -0.142. The van der Waals surface area contributed by atoms with Crippen molar-refractivity contribution < 1.29 is 32.6 Å². The van der Waals surface area contributed by atoms with Crippen LogP contribution in [0.25, 0.3) is 10.2 Å². The van der Waals surface area contributed by atoms with Crippen LogP contribution in [0.15, 0.2) is 58.9 Å². The third kappa shape index (κ3) is 8.98. The second-order valence-corrected chi connectivity index (χ2v) is 12.4. The van der Waals surface area contributed by atoms with Crippen LogP contribution < -0.4 is 5.32 Å². The molecule has 1 aromatic heterocycles. The minimum Gasteiger partial charge on any atom is -0.469 e. The molecular weight excluding hydrogens is 554 g/mol. The van der Waals surface area contributed by atoms with Crippen molar-refractivity contribution >= 4 is 43.6 Å². The van der Waals surface area contributed by atoms with E-state index in [1.165, 1.54) is 28.8 Å². The highest BCUT2D eigenvalue weighted by Gasteiger charge is 2.31. The number of hydrogen-bond donors (Lipinski definition) is 2. The fourth-order valence-electron chi connectivity index (χ4n) is 4.21. The number of aliphatic hydroxyl groups excluding tert-OH is 1. The molecule has 3 atom stereocenters. The highest BCUT2D eigenvalue weighted by atomic mass is 32.2. The van der Waals surface area contributed by atoms with E-state index in [2.05, 4.69) is 15.0 Å². The quantitative estimate of drug-likeness (QED) is 0.199. The van der Waals surface area contributed by atoms with E-state index in [1.54, 1.807) is 24.6 Å². The number of ether oxygens (including phenoxy) is 2. The summed E-state index contributed by atoms with van der Waals surface area (Å²) >= 11 is 1.35. The fraction of sp³-hybridized carbons (Fsp3) is 0.464. The van der Waals surface area contributed by atoms with Gasteiger partial charge in [-0.2, -0.15) is 4.31 Å². The molecule has 0 spiro atoms. The van der Waals surface area contributed by atoms with Crippen LogP contribution in [0.5, 0.6) is 0 Å². The Morgan fingerprint density at radius 2 is 1.90 bits per heavy atom. The first-order chi connectivity index (χ1) is 19.1. The maximum atomic E-state index is 13.8. The topological polar surface area (TPSA) is 135 Å². The van der Waals surface area contributed by atoms with Crippen LogP contribution in [0, 0.1) is 0 Å². The summed E-state index contributed by atoms with van der Waals surface area (Å²) in [6.07, 6.45) is -0.381. The number of carbonyl (C=O) groups is 2. The van der Waals surface area contributed by atoms with Crippen LogP contribution in [0.4, 0.5) is 4.79 Å². The Kier molecular flexibility index (Phi) is 11.9. The molecule has 0 fully saturated rings. The number of nitrogens with zero attached hydrogens (tertiary/aromatic N) is 2. The number of benzene rings is 2. The van der Waals surface area contributed by atoms with Gasteiger partial charge in [0.2, 0.25) is 10.0 Å². The van der Waals surface area contributed by atoms with Gasteiger partial charge in [0.25, 0.3) is 0 Å². The first kappa shape index (κ1) is 31.5. The van der Waals surface area contributed by atoms with Crippen LogP contribution in [0.2, 0.25) is 0 Å². The molecule has 1 amide bonds. The normalized spacial score (nSPS) is 14.0. The Labute approximate surface area is 239 Å². The van der Waals surface area contributed by atoms with Crippen molar-refractivity contribution in [3.63, 3.8) is 0 Å². The monoisotopic (exact) mass is 591 g/mol. The van der Waals surface area contributed by atoms with Crippen molar-refractivity contribution in [3.8, 4) is 0 Å². The molecule has 0 aliphatic heterocycles. The molecule has 3 rings (SSSR count). The Morgan fingerprint density at radius 1 is 1.15 bits per heavy atom. The number of esters is 1. The molecule has 0 unspecified atom stereocenters. The van der Waals surface area contributed by atoms with E-state index in [9.17, 15) is 23.1 Å². The van der Waals surface area contributed by atoms with Gasteiger partial charge in [-0.1, -0.05) is 50.1 Å². The molecule has 10 nitrogen and oxygen atoms in total. The SMILES string of the molecule is CCCCCN(C[C@@H](O)[C@H](Cc1ccccc1)NC(=O)O[C@@H](C)CC(=O)OC)S(=O)(=O)c1ccc2ncsc2c1. The van der Waals surface area contributed by atoms with E-state index in [0.29, 0.717) is 11.9 Å². The maximum absolute atomic E-state index is 13.8. The predicted octanol–water partition coefficient (Wildman–Crippen LogP) is 4.13. The molecule has 3 aromatic rings. The van der Waals surface area contributed by atoms with Crippen LogP contribution in [0.3, 0.4) is 0 Å². The predicted molar refractivity (Wildman–Crippen MR) is 154 cm³/mol. The number of sulfonamides is 1. The molecule has 218 valence electrons. The fourth-order valence-corrected chi connectivity index (χ4v) is 6.52. The van der Waals surface area contributed by atoms with Gasteiger partial charge in [0.1, 0.15) is 6.10 Å². The Balaban J connectivity index is 1.82. The number of thiazole rings is 1. The number of methoxy groups -OCH3 is 1. The zero-order chi connectivity index (χ0) is 29.1. The number of hydrogen-bond acceptors (Lipinski definition) is 9. The summed E-state index contributed by atoms with van der Waals surface area (Å²) < 4.78 is 39.4. The van der Waals surface area contributed by atoms with E-state index >= 15 is 0 Å². The van der Waals surface area contributed by atoms with E-state index in [1.807, 2.05) is 37.3 Å². The molecule has 0 aliphatic carbocycles. The zero-order valence-corrected chi connectivity index (χ0v) is 24.6. The minimum absolute atomic E-state index is 0.122. The molecule has 0 bridgehead atoms. The molecule has 0 aliphatic rings. The minimum atomic E-state index is -3.96. The van der Waals surface area contributed by atoms with Crippen LogP contribution >= 0.6 is 11.3 Å². The van der Waals surface area contributed by atoms with Crippen molar-refractivity contribution in [2.45, 2.75) is 69.1 Å². The summed E-state index contributed by atoms with van der Waals surface area (Å²) in [6, 6.07) is 13.2. The number of aliphatic hydroxyl groups is 1. The van der Waals surface area contributed by atoms with E-state index < -0.39 is 40.3 Å². The lowest BCUT2D eigenvalue weighted by Crippen LogP contribution is -2.51. The van der Waals surface area contributed by atoms with E-state index in [-0.39, 0.29) is 30.8 Å². The molecule has 40 heavy (non-hydrogen) atoms. The van der Waals surface area contributed by atoms with E-state index in [0.717, 1.165) is 23.1 Å². The highest BCUT2D eigenvalue weighted by Crippen LogP contribution is 2.25. The number of aromatic nitrogens is 1. The summed E-state index contributed by atoms with van der Waals surface area (Å²) in [5.41, 5.74) is 3.22. The van der Waals surface area contributed by atoms with Crippen LogP contribution in [0.1, 0.15) is 45.1 Å². The molecule has 0 radical (unpaired) electrons. The van der Waals surface area contributed by atoms with Gasteiger partial charge < -0.3 is 19.9 Å². The Bertz CT molecular complexity index is 1350. The van der Waals surface area contributed by atoms with Gasteiger partial charge in [0.05, 0.1) is 46.3 Å². The van der Waals surface area contributed by atoms with Gasteiger partial charge in [-0.25, -0.2) is 18.2 Å². The standard InChI is InChI=1S/C28H37N3O7S2/c1-4-5-9-14-31(40(35,36)22-12-13-23-26(17-22)39-19-29-23)18-25(32)24(16-21-10-7-6-8-11-21)30-28(34)38-20(2)15-27(33)37-3/h6-8,10-13,17,19-20,24-25,32H,4-5,9,14-16,18H2,1-3H3,(H,30,34)/t20-,24-,25+/m0/s1. The van der Waals surface area contributed by atoms with Gasteiger partial charge in [0.15, 0.2) is 0 Å². The molecule has 2 N–H and O–H groups in total. The summed E-state index contributed by atoms with van der Waals surface area (Å²) in [6.45, 7) is 3.56. The third-order valence-corrected chi connectivity index (χ3v) is 9.05. The van der Waals surface area contributed by atoms with Crippen LogP contribution in [-0.4, -0.2) is 73.3 Å². The summed E-state index contributed by atoms with van der Waals surface area (Å²) in [7, 11) is -2.71. The molecule has 0 saturated carbocycles. The summed E-state index contributed by atoms with van der Waals surface area (Å²) in [5.74, 6) is -0.523. The average molecular weight is 592 g/mol. The number of carbonyl (C=O) groups excluding carboxylic acids is 2. The maximum Gasteiger partial charge on any atom is 0.407 e. The second-order valence-electron chi connectivity index (χ2n) is 9.56. The van der Waals surface area contributed by atoms with Gasteiger partial charge in [-0.05, 0) is 43.5 Å². The van der Waals surface area contributed by atoms with Crippen molar-refractivity contribution in [1.29, 1.82) is 0 Å². The van der Waals surface area contributed by atoms with Crippen LogP contribution in [-0.2, 0) is 30.7 Å². The molecule has 1 heterocycles. The first-order valence-electron chi connectivity index (χ1n) is 13.2.